The van der Waals surface area contributed by atoms with Crippen LogP contribution < -0.4 is 0 Å². The summed E-state index contributed by atoms with van der Waals surface area (Å²) in [5, 5.41) is 9.22. The van der Waals surface area contributed by atoms with Crippen molar-refractivity contribution in [2.75, 3.05) is 13.1 Å². The second-order valence-electron chi connectivity index (χ2n) is 7.57. The molecule has 31 heavy (non-hydrogen) atoms. The van der Waals surface area contributed by atoms with E-state index >= 15 is 0 Å². The van der Waals surface area contributed by atoms with Crippen LogP contribution >= 0.6 is 11.6 Å². The molecule has 0 spiro atoms. The first-order valence-corrected chi connectivity index (χ1v) is 10.9. The third kappa shape index (κ3) is 4.25. The zero-order valence-corrected chi connectivity index (χ0v) is 18.3. The van der Waals surface area contributed by atoms with Crippen molar-refractivity contribution in [3.05, 3.63) is 75.8 Å². The molecule has 0 N–H and O–H groups in total. The summed E-state index contributed by atoms with van der Waals surface area (Å²) in [5.74, 6) is 0.0588. The van der Waals surface area contributed by atoms with Crippen LogP contribution in [0.3, 0.4) is 0 Å². The Morgan fingerprint density at radius 1 is 1.03 bits per heavy atom. The SMILES string of the molecule is CCCN(CCC)Cc1nnc2n1-c1ccc(Cl)cc1C(c1c(F)cccc1F)=NC2. The largest absolute Gasteiger partial charge is 0.296 e. The molecule has 0 atom stereocenters. The molecule has 5 nitrogen and oxygen atoms in total. The Balaban J connectivity index is 1.85. The van der Waals surface area contributed by atoms with Crippen molar-refractivity contribution in [1.29, 1.82) is 0 Å². The quantitative estimate of drug-likeness (QED) is 0.506. The van der Waals surface area contributed by atoms with Gasteiger partial charge < -0.3 is 0 Å². The monoisotopic (exact) mass is 443 g/mol. The highest BCUT2D eigenvalue weighted by Crippen LogP contribution is 2.30. The fourth-order valence-corrected chi connectivity index (χ4v) is 4.18. The molecule has 0 amide bonds. The highest BCUT2D eigenvalue weighted by Gasteiger charge is 2.26. The molecule has 4 rings (SSSR count). The molecule has 1 aliphatic heterocycles. The topological polar surface area (TPSA) is 46.3 Å². The number of benzene rings is 2. The van der Waals surface area contributed by atoms with E-state index in [0.717, 1.165) is 31.8 Å². The first-order valence-electron chi connectivity index (χ1n) is 10.5. The Morgan fingerprint density at radius 3 is 2.42 bits per heavy atom. The van der Waals surface area contributed by atoms with Crippen molar-refractivity contribution in [3.63, 3.8) is 0 Å². The van der Waals surface area contributed by atoms with E-state index in [4.69, 9.17) is 11.6 Å². The minimum Gasteiger partial charge on any atom is -0.296 e. The smallest absolute Gasteiger partial charge is 0.159 e. The highest BCUT2D eigenvalue weighted by molar-refractivity contribution is 6.31. The number of halogens is 3. The van der Waals surface area contributed by atoms with Gasteiger partial charge in [0.25, 0.3) is 0 Å². The summed E-state index contributed by atoms with van der Waals surface area (Å²) in [7, 11) is 0. The molecule has 0 unspecified atom stereocenters. The van der Waals surface area contributed by atoms with Crippen molar-refractivity contribution < 1.29 is 8.78 Å². The number of nitrogens with zero attached hydrogens (tertiary/aromatic N) is 5. The van der Waals surface area contributed by atoms with Crippen LogP contribution in [0.4, 0.5) is 8.78 Å². The zero-order chi connectivity index (χ0) is 22.0. The molecular weight excluding hydrogens is 420 g/mol. The number of rotatable bonds is 7. The minimum absolute atomic E-state index is 0.157. The molecule has 1 aliphatic rings. The summed E-state index contributed by atoms with van der Waals surface area (Å²) in [6.07, 6.45) is 2.07. The van der Waals surface area contributed by atoms with Crippen molar-refractivity contribution in [2.45, 2.75) is 39.8 Å². The number of aliphatic imine (C=N–C) groups is 1. The minimum atomic E-state index is -0.667. The Labute approximate surface area is 185 Å². The third-order valence-corrected chi connectivity index (χ3v) is 5.51. The van der Waals surface area contributed by atoms with Crippen LogP contribution in [-0.2, 0) is 13.1 Å². The Bertz CT molecular complexity index is 1100. The van der Waals surface area contributed by atoms with Gasteiger partial charge in [-0.15, -0.1) is 10.2 Å². The molecule has 0 saturated carbocycles. The van der Waals surface area contributed by atoms with Crippen LogP contribution in [0.25, 0.3) is 5.69 Å². The second-order valence-corrected chi connectivity index (χ2v) is 8.00. The van der Waals surface area contributed by atoms with Gasteiger partial charge in [0.15, 0.2) is 11.6 Å². The molecule has 2 aromatic carbocycles. The van der Waals surface area contributed by atoms with Crippen LogP contribution in [0.5, 0.6) is 0 Å². The predicted molar refractivity (Wildman–Crippen MR) is 118 cm³/mol. The molecule has 0 fully saturated rings. The molecule has 2 heterocycles. The van der Waals surface area contributed by atoms with Gasteiger partial charge in [-0.05, 0) is 56.3 Å². The van der Waals surface area contributed by atoms with E-state index in [2.05, 4.69) is 33.9 Å². The van der Waals surface area contributed by atoms with Gasteiger partial charge in [0, 0.05) is 10.6 Å². The van der Waals surface area contributed by atoms with Crippen LogP contribution in [0.2, 0.25) is 5.02 Å². The summed E-state index contributed by atoms with van der Waals surface area (Å²) in [4.78, 5) is 6.87. The molecule has 8 heteroatoms. The molecule has 3 aromatic rings. The van der Waals surface area contributed by atoms with E-state index in [0.29, 0.717) is 28.6 Å². The van der Waals surface area contributed by atoms with Gasteiger partial charge >= 0.3 is 0 Å². The number of hydrogen-bond acceptors (Lipinski definition) is 4. The first kappa shape index (κ1) is 21.6. The fourth-order valence-electron chi connectivity index (χ4n) is 4.00. The number of fused-ring (bicyclic) bond motifs is 3. The maximum Gasteiger partial charge on any atom is 0.159 e. The van der Waals surface area contributed by atoms with Gasteiger partial charge in [-0.25, -0.2) is 8.78 Å². The lowest BCUT2D eigenvalue weighted by Gasteiger charge is -2.21. The molecule has 162 valence electrons. The highest BCUT2D eigenvalue weighted by atomic mass is 35.5. The summed E-state index contributed by atoms with van der Waals surface area (Å²) < 4.78 is 31.2. The standard InChI is InChI=1S/C23H24ClF2N5/c1-3-10-30(11-4-2)14-21-29-28-20-13-27-23(22-17(25)6-5-7-18(22)26)16-12-15(24)8-9-19(16)31(20)21/h5-9,12H,3-4,10-11,13-14H2,1-2H3. The van der Waals surface area contributed by atoms with Crippen LogP contribution in [-0.4, -0.2) is 38.5 Å². The predicted octanol–water partition coefficient (Wildman–Crippen LogP) is 5.17. The molecular formula is C23H24ClF2N5. The maximum absolute atomic E-state index is 14.6. The van der Waals surface area contributed by atoms with E-state index in [9.17, 15) is 8.78 Å². The molecule has 0 aliphatic carbocycles. The Hall–Kier alpha value is -2.64. The van der Waals surface area contributed by atoms with E-state index in [1.54, 1.807) is 12.1 Å². The van der Waals surface area contributed by atoms with E-state index < -0.39 is 11.6 Å². The normalized spacial score (nSPS) is 13.0. The summed E-state index contributed by atoms with van der Waals surface area (Å²) in [6, 6.07) is 9.08. The lowest BCUT2D eigenvalue weighted by molar-refractivity contribution is 0.258. The van der Waals surface area contributed by atoms with Gasteiger partial charge in [-0.1, -0.05) is 31.5 Å². The molecule has 1 aromatic heterocycles. The summed E-state index contributed by atoms with van der Waals surface area (Å²) >= 11 is 6.28. The molecule has 0 radical (unpaired) electrons. The summed E-state index contributed by atoms with van der Waals surface area (Å²) in [5.41, 5.74) is 1.33. The van der Waals surface area contributed by atoms with Crippen LogP contribution in [0, 0.1) is 11.6 Å². The maximum atomic E-state index is 14.6. The van der Waals surface area contributed by atoms with E-state index in [1.807, 2.05) is 10.6 Å². The number of hydrogen-bond donors (Lipinski definition) is 0. The molecule has 0 bridgehead atoms. The van der Waals surface area contributed by atoms with Crippen molar-refractivity contribution >= 4 is 17.3 Å². The third-order valence-electron chi connectivity index (χ3n) is 5.27. The van der Waals surface area contributed by atoms with Gasteiger partial charge in [0.1, 0.15) is 18.2 Å². The summed E-state index contributed by atoms with van der Waals surface area (Å²) in [6.45, 7) is 6.97. The van der Waals surface area contributed by atoms with Gasteiger partial charge in [-0.3, -0.25) is 14.5 Å². The van der Waals surface area contributed by atoms with Gasteiger partial charge in [-0.2, -0.15) is 0 Å². The van der Waals surface area contributed by atoms with Crippen LogP contribution in [0.15, 0.2) is 41.4 Å². The van der Waals surface area contributed by atoms with E-state index in [1.165, 1.54) is 18.2 Å². The Kier molecular flexibility index (Phi) is 6.43. The Morgan fingerprint density at radius 2 is 1.74 bits per heavy atom. The zero-order valence-electron chi connectivity index (χ0n) is 17.6. The first-order chi connectivity index (χ1) is 15.0. The molecule has 0 saturated heterocycles. The lowest BCUT2D eigenvalue weighted by atomic mass is 9.99. The van der Waals surface area contributed by atoms with Crippen molar-refractivity contribution in [1.82, 2.24) is 19.7 Å². The average molecular weight is 444 g/mol. The van der Waals surface area contributed by atoms with Crippen LogP contribution in [0.1, 0.15) is 49.5 Å². The number of aromatic nitrogens is 3. The van der Waals surface area contributed by atoms with Crippen molar-refractivity contribution in [2.24, 2.45) is 4.99 Å². The average Bonchev–Trinajstić information content (AvgIpc) is 3.05. The van der Waals surface area contributed by atoms with Gasteiger partial charge in [0.05, 0.1) is 23.5 Å². The fraction of sp³-hybridized carbons (Fsp3) is 0.348. The van der Waals surface area contributed by atoms with Crippen molar-refractivity contribution in [3.8, 4) is 5.69 Å². The van der Waals surface area contributed by atoms with E-state index in [-0.39, 0.29) is 17.8 Å². The van der Waals surface area contributed by atoms with Gasteiger partial charge in [0.2, 0.25) is 0 Å². The lowest BCUT2D eigenvalue weighted by Crippen LogP contribution is -2.27. The second kappa shape index (κ2) is 9.24.